The van der Waals surface area contributed by atoms with Gasteiger partial charge in [0, 0.05) is 13.5 Å². The third kappa shape index (κ3) is 15.2. The molecule has 2 fully saturated rings. The lowest BCUT2D eigenvalue weighted by Crippen LogP contribution is -2.66. The van der Waals surface area contributed by atoms with E-state index in [1.54, 1.807) is 95.3 Å². The number of alkyl carbamates (subject to hydrolysis) is 1. The third-order valence-electron chi connectivity index (χ3n) is 12.3. The van der Waals surface area contributed by atoms with Crippen molar-refractivity contribution >= 4 is 53.4 Å². The van der Waals surface area contributed by atoms with Crippen molar-refractivity contribution in [3.63, 3.8) is 0 Å². The van der Waals surface area contributed by atoms with Crippen LogP contribution in [-0.4, -0.2) is 136 Å². The molecule has 2 aliphatic heterocycles. The van der Waals surface area contributed by atoms with Gasteiger partial charge in [-0.15, -0.1) is 0 Å². The van der Waals surface area contributed by atoms with Gasteiger partial charge in [-0.25, -0.2) is 9.59 Å². The molecule has 0 aromatic heterocycles. The Hall–Kier alpha value is -6.57. The second-order valence-electron chi connectivity index (χ2n) is 20.0. The predicted octanol–water partition coefficient (Wildman–Crippen LogP) is 1.82. The maximum Gasteiger partial charge on any atom is 0.408 e. The van der Waals surface area contributed by atoms with Crippen molar-refractivity contribution in [2.45, 2.75) is 162 Å². The maximum absolute atomic E-state index is 14.8. The first-order chi connectivity index (χ1) is 32.8. The monoisotopic (exact) mass is 977 g/mol. The molecule has 4 rings (SSSR count). The van der Waals surface area contributed by atoms with Crippen molar-refractivity contribution < 1.29 is 57.7 Å². The summed E-state index contributed by atoms with van der Waals surface area (Å²) in [5.41, 5.74) is 0.346. The smallest absolute Gasteiger partial charge is 0.408 e. The molecule has 0 saturated carbocycles. The van der Waals surface area contributed by atoms with E-state index in [-0.39, 0.29) is 38.2 Å². The van der Waals surface area contributed by atoms with Crippen LogP contribution in [0.2, 0.25) is 0 Å². The number of likely N-dealkylation sites (N-methyl/N-ethyl adjacent to an activating group) is 1. The Morgan fingerprint density at radius 3 is 1.91 bits per heavy atom. The first kappa shape index (κ1) is 56.0. The van der Waals surface area contributed by atoms with Gasteiger partial charge >= 0.3 is 12.1 Å². The van der Waals surface area contributed by atoms with E-state index in [1.165, 1.54) is 32.7 Å². The fourth-order valence-corrected chi connectivity index (χ4v) is 8.13. The van der Waals surface area contributed by atoms with Crippen LogP contribution in [0.4, 0.5) is 4.79 Å². The Morgan fingerprint density at radius 2 is 1.34 bits per heavy atom. The van der Waals surface area contributed by atoms with Gasteiger partial charge in [-0.1, -0.05) is 109 Å². The van der Waals surface area contributed by atoms with Crippen LogP contribution in [0.5, 0.6) is 0 Å². The number of cyclic esters (lactones) is 1. The van der Waals surface area contributed by atoms with E-state index in [1.807, 2.05) is 13.8 Å². The van der Waals surface area contributed by atoms with Gasteiger partial charge in [-0.3, -0.25) is 33.6 Å². The second-order valence-corrected chi connectivity index (χ2v) is 20.0. The van der Waals surface area contributed by atoms with E-state index < -0.39 is 125 Å². The molecule has 2 aliphatic rings. The molecule has 384 valence electrons. The molecule has 20 nitrogen and oxygen atoms in total. The zero-order valence-electron chi connectivity index (χ0n) is 42.1. The SMILES string of the molecule is CC(C)C[C@H]1C(=O)N(C)[C@@H](Cc2ccccc2)C(=O)N[C@@H](C(C)C)C(=O)O[C@H](C)[C@H](NC(=O)[C@H](C)NC(=O)C(C)NC(=O)OCc2ccccc2)C(=O)N[C@@H](C(C)(C)C)C(=O)N[C@H]2CC[C@@H](O)N1C2=O. The van der Waals surface area contributed by atoms with Crippen LogP contribution in [0.1, 0.15) is 99.6 Å². The summed E-state index contributed by atoms with van der Waals surface area (Å²) < 4.78 is 11.1. The van der Waals surface area contributed by atoms with Crippen molar-refractivity contribution in [1.82, 2.24) is 41.7 Å². The summed E-state index contributed by atoms with van der Waals surface area (Å²) in [5.74, 6) is -7.43. The zero-order valence-corrected chi connectivity index (χ0v) is 42.1. The number of hydrogen-bond donors (Lipinski definition) is 7. The number of amides is 8. The minimum Gasteiger partial charge on any atom is -0.458 e. The number of esters is 1. The number of fused-ring (bicyclic) bond motifs is 2. The molecule has 1 unspecified atom stereocenters. The van der Waals surface area contributed by atoms with Crippen LogP contribution in [0, 0.1) is 17.3 Å². The van der Waals surface area contributed by atoms with Crippen LogP contribution in [-0.2, 0) is 60.9 Å². The molecular formula is C50H72N8O12. The van der Waals surface area contributed by atoms with Gasteiger partial charge < -0.3 is 56.3 Å². The third-order valence-corrected chi connectivity index (χ3v) is 12.3. The van der Waals surface area contributed by atoms with Crippen molar-refractivity contribution in [1.29, 1.82) is 0 Å². The molecule has 2 aromatic carbocycles. The van der Waals surface area contributed by atoms with Crippen LogP contribution in [0.15, 0.2) is 60.7 Å². The fraction of sp³-hybridized carbons (Fsp3) is 0.580. The van der Waals surface area contributed by atoms with Gasteiger partial charge in [0.15, 0.2) is 0 Å². The number of aliphatic hydroxyl groups excluding tert-OH is 1. The van der Waals surface area contributed by atoms with Crippen molar-refractivity contribution in [2.75, 3.05) is 7.05 Å². The van der Waals surface area contributed by atoms with E-state index >= 15 is 0 Å². The standard InChI is InChI=1S/C50H72N8O12/c1-27(2)24-36-47(66)57(11)35(25-32-18-14-12-15-19-32)43(62)54-38(28(3)4)48(67)70-31(7)39(44(63)56-40(50(8,9)10)45(64)53-34-22-23-37(59)58(36)46(34)65)55-42(61)29(5)51-41(60)30(6)52-49(68)69-26-33-20-16-13-17-21-33/h12-21,27-31,34-40,59H,22-26H2,1-11H3,(H,51,60)(H,52,68)(H,53,64)(H,54,62)(H,55,61)(H,56,63)/t29-,30?,31+,34-,35-,36-,37+,38-,39-,40+/m0/s1. The number of piperidine rings is 1. The summed E-state index contributed by atoms with van der Waals surface area (Å²) in [6, 6.07) is 6.96. The van der Waals surface area contributed by atoms with Crippen LogP contribution >= 0.6 is 0 Å². The highest BCUT2D eigenvalue weighted by atomic mass is 16.6. The first-order valence-corrected chi connectivity index (χ1v) is 23.8. The maximum atomic E-state index is 14.8. The number of nitrogens with zero attached hydrogens (tertiary/aromatic N) is 2. The van der Waals surface area contributed by atoms with E-state index in [4.69, 9.17) is 9.47 Å². The minimum atomic E-state index is -1.73. The molecule has 70 heavy (non-hydrogen) atoms. The molecule has 20 heteroatoms. The van der Waals surface area contributed by atoms with Crippen LogP contribution < -0.4 is 31.9 Å². The average Bonchev–Trinajstić information content (AvgIpc) is 3.29. The van der Waals surface area contributed by atoms with Gasteiger partial charge in [-0.2, -0.15) is 0 Å². The molecule has 2 heterocycles. The second kappa shape index (κ2) is 24.8. The highest BCUT2D eigenvalue weighted by Gasteiger charge is 2.47. The highest BCUT2D eigenvalue weighted by Crippen LogP contribution is 2.27. The predicted molar refractivity (Wildman–Crippen MR) is 256 cm³/mol. The number of aliphatic hydroxyl groups is 1. The summed E-state index contributed by atoms with van der Waals surface area (Å²) in [4.78, 5) is 129. The summed E-state index contributed by atoms with van der Waals surface area (Å²) in [6.45, 7) is 15.9. The van der Waals surface area contributed by atoms with Crippen LogP contribution in [0.3, 0.4) is 0 Å². The van der Waals surface area contributed by atoms with Gasteiger partial charge in [-0.05, 0) is 68.4 Å². The van der Waals surface area contributed by atoms with Crippen LogP contribution in [0.25, 0.3) is 0 Å². The molecule has 8 amide bonds. The highest BCUT2D eigenvalue weighted by molar-refractivity contribution is 5.98. The summed E-state index contributed by atoms with van der Waals surface area (Å²) in [7, 11) is 1.41. The molecule has 2 aromatic rings. The van der Waals surface area contributed by atoms with E-state index in [0.717, 1.165) is 10.5 Å². The molecule has 7 N–H and O–H groups in total. The molecule has 10 atom stereocenters. The average molecular weight is 977 g/mol. The lowest BCUT2D eigenvalue weighted by Gasteiger charge is -2.43. The Labute approximate surface area is 410 Å². The number of ether oxygens (including phenoxy) is 2. The Balaban J connectivity index is 1.71. The Kier molecular flexibility index (Phi) is 19.9. The Morgan fingerprint density at radius 1 is 0.757 bits per heavy atom. The number of hydrogen-bond acceptors (Lipinski definition) is 12. The van der Waals surface area contributed by atoms with E-state index in [0.29, 0.717) is 5.56 Å². The van der Waals surface area contributed by atoms with E-state index in [9.17, 15) is 48.3 Å². The summed E-state index contributed by atoms with van der Waals surface area (Å²) in [6.07, 6.45) is -3.76. The molecule has 0 spiro atoms. The number of benzene rings is 2. The number of rotatable bonds is 12. The largest absolute Gasteiger partial charge is 0.458 e. The lowest BCUT2D eigenvalue weighted by molar-refractivity contribution is -0.166. The molecule has 0 aliphatic carbocycles. The summed E-state index contributed by atoms with van der Waals surface area (Å²) in [5, 5.41) is 27.0. The molecule has 0 radical (unpaired) electrons. The van der Waals surface area contributed by atoms with E-state index in [2.05, 4.69) is 31.9 Å². The topological polar surface area (TPSA) is 271 Å². The molecule has 2 bridgehead atoms. The van der Waals surface area contributed by atoms with Crippen molar-refractivity contribution in [2.24, 2.45) is 17.3 Å². The van der Waals surface area contributed by atoms with Gasteiger partial charge in [0.05, 0.1) is 0 Å². The van der Waals surface area contributed by atoms with Gasteiger partial charge in [0.1, 0.15) is 67.3 Å². The fourth-order valence-electron chi connectivity index (χ4n) is 8.13. The normalized spacial score (nSPS) is 25.2. The number of nitrogens with one attached hydrogen (secondary N) is 6. The lowest BCUT2D eigenvalue weighted by atomic mass is 9.85. The van der Waals surface area contributed by atoms with Crippen molar-refractivity contribution in [3.05, 3.63) is 71.8 Å². The number of carbonyl (C=O) groups excluding carboxylic acids is 9. The molecular weight excluding hydrogens is 905 g/mol. The van der Waals surface area contributed by atoms with Gasteiger partial charge in [0.25, 0.3) is 0 Å². The van der Waals surface area contributed by atoms with Gasteiger partial charge in [0.2, 0.25) is 41.4 Å². The van der Waals surface area contributed by atoms with Crippen molar-refractivity contribution in [3.8, 4) is 0 Å². The minimum absolute atomic E-state index is 0.0145. The summed E-state index contributed by atoms with van der Waals surface area (Å²) >= 11 is 0. The Bertz CT molecular complexity index is 2190. The molecule has 2 saturated heterocycles. The zero-order chi connectivity index (χ0) is 52.2. The quantitative estimate of drug-likeness (QED) is 0.150. The first-order valence-electron chi connectivity index (χ1n) is 23.8. The number of carbonyl (C=O) groups is 9.